The summed E-state index contributed by atoms with van der Waals surface area (Å²) in [5.74, 6) is 0. The van der Waals surface area contributed by atoms with Crippen molar-refractivity contribution < 1.29 is 16.8 Å². The van der Waals surface area contributed by atoms with E-state index in [0.717, 1.165) is 12.1 Å². The van der Waals surface area contributed by atoms with Gasteiger partial charge in [-0.25, -0.2) is 26.7 Å². The van der Waals surface area contributed by atoms with Gasteiger partial charge in [-0.05, 0) is 32.0 Å². The van der Waals surface area contributed by atoms with Crippen LogP contribution in [0, 0.1) is 0 Å². The molecule has 0 aromatic heterocycles. The Morgan fingerprint density at radius 3 is 2.22 bits per heavy atom. The highest BCUT2D eigenvalue weighted by Gasteiger charge is 2.21. The molecule has 1 aromatic carbocycles. The van der Waals surface area contributed by atoms with Gasteiger partial charge in [0.05, 0.1) is 9.92 Å². The first kappa shape index (κ1) is 15.4. The van der Waals surface area contributed by atoms with Gasteiger partial charge in [-0.3, -0.25) is 0 Å². The molecule has 3 N–H and O–H groups in total. The third kappa shape index (κ3) is 3.66. The minimum atomic E-state index is -3.98. The predicted molar refractivity (Wildman–Crippen MR) is 68.3 cm³/mol. The Bertz CT molecular complexity index is 653. The van der Waals surface area contributed by atoms with Crippen molar-refractivity contribution in [2.45, 2.75) is 29.7 Å². The quantitative estimate of drug-likeness (QED) is 0.852. The van der Waals surface area contributed by atoms with Crippen molar-refractivity contribution in [3.63, 3.8) is 0 Å². The first-order valence-corrected chi connectivity index (χ1v) is 8.29. The molecule has 9 heteroatoms. The van der Waals surface area contributed by atoms with E-state index in [1.165, 1.54) is 6.07 Å². The van der Waals surface area contributed by atoms with Gasteiger partial charge in [-0.15, -0.1) is 0 Å². The lowest BCUT2D eigenvalue weighted by molar-refractivity contribution is 0.569. The maximum Gasteiger partial charge on any atom is 0.242 e. The molecule has 0 aliphatic carbocycles. The second-order valence-electron chi connectivity index (χ2n) is 3.91. The van der Waals surface area contributed by atoms with Gasteiger partial charge in [0.1, 0.15) is 4.90 Å². The fourth-order valence-electron chi connectivity index (χ4n) is 1.24. The van der Waals surface area contributed by atoms with E-state index in [0.29, 0.717) is 0 Å². The number of nitrogens with one attached hydrogen (secondary N) is 1. The molecule has 6 nitrogen and oxygen atoms in total. The van der Waals surface area contributed by atoms with Gasteiger partial charge >= 0.3 is 0 Å². The normalized spacial score (nSPS) is 12.9. The number of rotatable bonds is 4. The van der Waals surface area contributed by atoms with Crippen LogP contribution in [0.3, 0.4) is 0 Å². The van der Waals surface area contributed by atoms with E-state index in [1.807, 2.05) is 0 Å². The van der Waals surface area contributed by atoms with E-state index in [1.54, 1.807) is 13.8 Å². The van der Waals surface area contributed by atoms with Crippen LogP contribution in [-0.4, -0.2) is 22.9 Å². The van der Waals surface area contributed by atoms with E-state index in [2.05, 4.69) is 4.72 Å². The number of hydrogen-bond donors (Lipinski definition) is 2. The van der Waals surface area contributed by atoms with Crippen LogP contribution in [0.2, 0.25) is 5.02 Å². The Kier molecular flexibility index (Phi) is 4.39. The Morgan fingerprint density at radius 2 is 1.78 bits per heavy atom. The first-order valence-electron chi connectivity index (χ1n) is 4.89. The number of nitrogens with two attached hydrogens (primary N) is 1. The number of hydrogen-bond acceptors (Lipinski definition) is 4. The summed E-state index contributed by atoms with van der Waals surface area (Å²) in [4.78, 5) is -0.625. The molecule has 0 atom stereocenters. The van der Waals surface area contributed by atoms with Gasteiger partial charge in [-0.1, -0.05) is 11.6 Å². The third-order valence-electron chi connectivity index (χ3n) is 1.91. The molecule has 0 heterocycles. The Balaban J connectivity index is 3.42. The number of halogens is 1. The summed E-state index contributed by atoms with van der Waals surface area (Å²) < 4.78 is 48.5. The van der Waals surface area contributed by atoms with Gasteiger partial charge in [0.2, 0.25) is 20.0 Å². The molecular formula is C9H13ClN2O4S2. The minimum Gasteiger partial charge on any atom is -0.225 e. The summed E-state index contributed by atoms with van der Waals surface area (Å²) >= 11 is 5.76. The zero-order valence-electron chi connectivity index (χ0n) is 9.71. The molecule has 1 rings (SSSR count). The molecule has 0 bridgehead atoms. The highest BCUT2D eigenvalue weighted by atomic mass is 35.5. The third-order valence-corrected chi connectivity index (χ3v) is 4.96. The van der Waals surface area contributed by atoms with Crippen LogP contribution in [0.1, 0.15) is 13.8 Å². The molecule has 18 heavy (non-hydrogen) atoms. The molecule has 0 saturated heterocycles. The fraction of sp³-hybridized carbons (Fsp3) is 0.333. The largest absolute Gasteiger partial charge is 0.242 e. The molecule has 0 radical (unpaired) electrons. The van der Waals surface area contributed by atoms with Crippen LogP contribution >= 0.6 is 11.6 Å². The zero-order valence-corrected chi connectivity index (χ0v) is 12.1. The van der Waals surface area contributed by atoms with Crippen molar-refractivity contribution >= 4 is 31.6 Å². The molecule has 0 amide bonds. The first-order chi connectivity index (χ1) is 8.04. The average Bonchev–Trinajstić information content (AvgIpc) is 2.13. The van der Waals surface area contributed by atoms with Crippen LogP contribution < -0.4 is 9.86 Å². The predicted octanol–water partition coefficient (Wildman–Crippen LogP) is 0.674. The van der Waals surface area contributed by atoms with E-state index >= 15 is 0 Å². The summed E-state index contributed by atoms with van der Waals surface area (Å²) in [7, 11) is -7.86. The second kappa shape index (κ2) is 5.14. The smallest absolute Gasteiger partial charge is 0.225 e. The van der Waals surface area contributed by atoms with E-state index in [-0.39, 0.29) is 20.9 Å². The summed E-state index contributed by atoms with van der Waals surface area (Å²) in [5, 5.41) is 4.86. The van der Waals surface area contributed by atoms with Gasteiger partial charge in [-0.2, -0.15) is 0 Å². The molecule has 0 saturated carbocycles. The molecule has 0 aliphatic heterocycles. The highest BCUT2D eigenvalue weighted by molar-refractivity contribution is 7.90. The summed E-state index contributed by atoms with van der Waals surface area (Å²) in [6.45, 7) is 3.27. The lowest BCUT2D eigenvalue weighted by atomic mass is 10.4. The van der Waals surface area contributed by atoms with Gasteiger partial charge in [0.15, 0.2) is 0 Å². The van der Waals surface area contributed by atoms with Crippen molar-refractivity contribution in [2.24, 2.45) is 5.14 Å². The zero-order chi connectivity index (χ0) is 14.1. The van der Waals surface area contributed by atoms with E-state index in [4.69, 9.17) is 16.7 Å². The maximum absolute atomic E-state index is 11.9. The monoisotopic (exact) mass is 312 g/mol. The molecular weight excluding hydrogens is 300 g/mol. The topological polar surface area (TPSA) is 106 Å². The summed E-state index contributed by atoms with van der Waals surface area (Å²) in [5.41, 5.74) is 0. The van der Waals surface area contributed by atoms with Gasteiger partial charge in [0.25, 0.3) is 0 Å². The Morgan fingerprint density at radius 1 is 1.22 bits per heavy atom. The lowest BCUT2D eigenvalue weighted by Crippen LogP contribution is -2.30. The maximum atomic E-state index is 11.9. The summed E-state index contributed by atoms with van der Waals surface area (Å²) in [6.07, 6.45) is 0. The molecule has 0 fully saturated rings. The highest BCUT2D eigenvalue weighted by Crippen LogP contribution is 2.24. The second-order valence-corrected chi connectivity index (χ2v) is 7.56. The van der Waals surface area contributed by atoms with E-state index in [9.17, 15) is 16.8 Å². The van der Waals surface area contributed by atoms with Crippen molar-refractivity contribution in [1.29, 1.82) is 0 Å². The van der Waals surface area contributed by atoms with Crippen molar-refractivity contribution in [3.05, 3.63) is 23.2 Å². The SMILES string of the molecule is CC(C)NS(=O)(=O)c1cc(S(N)(=O)=O)ccc1Cl. The number of sulfonamides is 2. The van der Waals surface area contributed by atoms with Crippen LogP contribution in [-0.2, 0) is 20.0 Å². The van der Waals surface area contributed by atoms with Gasteiger partial charge < -0.3 is 0 Å². The van der Waals surface area contributed by atoms with Crippen LogP contribution in [0.5, 0.6) is 0 Å². The average molecular weight is 313 g/mol. The van der Waals surface area contributed by atoms with E-state index < -0.39 is 20.0 Å². The molecule has 0 unspecified atom stereocenters. The molecule has 102 valence electrons. The number of primary sulfonamides is 1. The van der Waals surface area contributed by atoms with Crippen LogP contribution in [0.25, 0.3) is 0 Å². The summed E-state index contributed by atoms with van der Waals surface area (Å²) in [6, 6.07) is 2.91. The number of benzene rings is 1. The molecule has 0 aliphatic rings. The van der Waals surface area contributed by atoms with Crippen molar-refractivity contribution in [1.82, 2.24) is 4.72 Å². The van der Waals surface area contributed by atoms with Crippen molar-refractivity contribution in [2.75, 3.05) is 0 Å². The van der Waals surface area contributed by atoms with Crippen LogP contribution in [0.4, 0.5) is 0 Å². The van der Waals surface area contributed by atoms with Crippen LogP contribution in [0.15, 0.2) is 28.0 Å². The fourth-order valence-corrected chi connectivity index (χ4v) is 3.63. The van der Waals surface area contributed by atoms with Gasteiger partial charge in [0, 0.05) is 6.04 Å². The van der Waals surface area contributed by atoms with Crippen molar-refractivity contribution in [3.8, 4) is 0 Å². The minimum absolute atomic E-state index is 0.0736. The Labute approximate surface area is 111 Å². The standard InChI is InChI=1S/C9H13ClN2O4S2/c1-6(2)12-18(15,16)9-5-7(17(11,13)14)3-4-8(9)10/h3-6,12H,1-2H3,(H2,11,13,14). The Hall–Kier alpha value is -0.670. The molecule has 0 spiro atoms. The lowest BCUT2D eigenvalue weighted by Gasteiger charge is -2.11. The molecule has 1 aromatic rings.